The van der Waals surface area contributed by atoms with Gasteiger partial charge in [0.15, 0.2) is 0 Å². The predicted molar refractivity (Wildman–Crippen MR) is 85.4 cm³/mol. The summed E-state index contributed by atoms with van der Waals surface area (Å²) in [6, 6.07) is 4.53. The lowest BCUT2D eigenvalue weighted by Crippen LogP contribution is -2.21. The molecular weight excluding hydrogens is 370 g/mol. The van der Waals surface area contributed by atoms with Gasteiger partial charge in [0.2, 0.25) is 0 Å². The van der Waals surface area contributed by atoms with Gasteiger partial charge in [-0.15, -0.1) is 0 Å². The van der Waals surface area contributed by atoms with Gasteiger partial charge in [-0.05, 0) is 53.5 Å². The van der Waals surface area contributed by atoms with Crippen molar-refractivity contribution >= 4 is 31.9 Å². The largest absolute Gasteiger partial charge is 0.308 e. The molecule has 19 heavy (non-hydrogen) atoms. The second-order valence-electron chi connectivity index (χ2n) is 4.69. The quantitative estimate of drug-likeness (QED) is 0.867. The number of hydrogen-bond acceptors (Lipinski definition) is 2. The monoisotopic (exact) mass is 385 g/mol. The number of halogens is 2. The van der Waals surface area contributed by atoms with Crippen LogP contribution in [-0.4, -0.2) is 16.8 Å². The molecule has 1 unspecified atom stereocenters. The molecule has 3 nitrogen and oxygen atoms in total. The van der Waals surface area contributed by atoms with Gasteiger partial charge >= 0.3 is 0 Å². The van der Waals surface area contributed by atoms with Gasteiger partial charge in [-0.3, -0.25) is 4.68 Å². The third-order valence-electron chi connectivity index (χ3n) is 3.29. The van der Waals surface area contributed by atoms with Crippen LogP contribution < -0.4 is 5.32 Å². The molecule has 1 atom stereocenters. The number of aromatic nitrogens is 2. The summed E-state index contributed by atoms with van der Waals surface area (Å²) in [4.78, 5) is 0. The number of benzene rings is 1. The molecule has 0 saturated carbocycles. The van der Waals surface area contributed by atoms with Gasteiger partial charge in [0.25, 0.3) is 0 Å². The van der Waals surface area contributed by atoms with Gasteiger partial charge in [-0.25, -0.2) is 0 Å². The van der Waals surface area contributed by atoms with Crippen LogP contribution in [0, 0.1) is 13.8 Å². The molecule has 0 fully saturated rings. The maximum absolute atomic E-state index is 4.29. The van der Waals surface area contributed by atoms with Crippen LogP contribution in [0.1, 0.15) is 28.4 Å². The van der Waals surface area contributed by atoms with E-state index in [1.165, 1.54) is 21.2 Å². The van der Waals surface area contributed by atoms with Crippen molar-refractivity contribution < 1.29 is 0 Å². The van der Waals surface area contributed by atoms with Crippen molar-refractivity contribution in [3.05, 3.63) is 49.7 Å². The average Bonchev–Trinajstić information content (AvgIpc) is 2.69. The highest BCUT2D eigenvalue weighted by molar-refractivity contribution is 9.10. The van der Waals surface area contributed by atoms with Crippen molar-refractivity contribution in [2.75, 3.05) is 7.05 Å². The van der Waals surface area contributed by atoms with Crippen molar-refractivity contribution in [2.45, 2.75) is 19.9 Å². The number of nitrogens with zero attached hydrogens (tertiary/aromatic N) is 2. The Bertz CT molecular complexity index is 562. The first kappa shape index (κ1) is 14.8. The van der Waals surface area contributed by atoms with Gasteiger partial charge in [0.1, 0.15) is 0 Å². The van der Waals surface area contributed by atoms with Crippen LogP contribution >= 0.6 is 31.9 Å². The Morgan fingerprint density at radius 2 is 1.79 bits per heavy atom. The van der Waals surface area contributed by atoms with Crippen molar-refractivity contribution in [2.24, 2.45) is 7.05 Å². The summed E-state index contributed by atoms with van der Waals surface area (Å²) in [6.45, 7) is 4.23. The third kappa shape index (κ3) is 2.78. The molecule has 102 valence electrons. The lowest BCUT2D eigenvalue weighted by atomic mass is 9.99. The summed E-state index contributed by atoms with van der Waals surface area (Å²) >= 11 is 7.19. The van der Waals surface area contributed by atoms with E-state index < -0.39 is 0 Å². The molecule has 1 aromatic carbocycles. The highest BCUT2D eigenvalue weighted by atomic mass is 79.9. The van der Waals surface area contributed by atoms with Crippen LogP contribution in [0.25, 0.3) is 0 Å². The second-order valence-corrected chi connectivity index (χ2v) is 6.34. The van der Waals surface area contributed by atoms with E-state index in [0.29, 0.717) is 0 Å². The van der Waals surface area contributed by atoms with E-state index in [9.17, 15) is 0 Å². The zero-order chi connectivity index (χ0) is 14.2. The predicted octanol–water partition coefficient (Wildman–Crippen LogP) is 3.87. The number of aryl methyl sites for hydroxylation is 3. The van der Waals surface area contributed by atoms with E-state index in [-0.39, 0.29) is 6.04 Å². The summed E-state index contributed by atoms with van der Waals surface area (Å²) in [5.41, 5.74) is 4.86. The Balaban J connectivity index is 2.55. The van der Waals surface area contributed by atoms with E-state index in [4.69, 9.17) is 0 Å². The van der Waals surface area contributed by atoms with E-state index >= 15 is 0 Å². The first-order valence-electron chi connectivity index (χ1n) is 6.07. The summed E-state index contributed by atoms with van der Waals surface area (Å²) in [5.74, 6) is 0. The second kappa shape index (κ2) is 5.77. The number of hydrogen-bond donors (Lipinski definition) is 1. The molecule has 0 aliphatic heterocycles. The fourth-order valence-electron chi connectivity index (χ4n) is 2.35. The van der Waals surface area contributed by atoms with Gasteiger partial charge in [-0.2, -0.15) is 5.10 Å². The van der Waals surface area contributed by atoms with E-state index in [1.54, 1.807) is 0 Å². The number of nitrogens with one attached hydrogen (secondary N) is 1. The summed E-state index contributed by atoms with van der Waals surface area (Å²) in [6.07, 6.45) is 1.83. The summed E-state index contributed by atoms with van der Waals surface area (Å²) in [5, 5.41) is 7.66. The van der Waals surface area contributed by atoms with Crippen LogP contribution in [-0.2, 0) is 7.05 Å². The van der Waals surface area contributed by atoms with Gasteiger partial charge in [-0.1, -0.05) is 28.1 Å². The van der Waals surface area contributed by atoms with Gasteiger partial charge in [0, 0.05) is 11.5 Å². The van der Waals surface area contributed by atoms with Crippen LogP contribution in [0.15, 0.2) is 27.3 Å². The molecular formula is C14H17Br2N3. The molecule has 1 N–H and O–H groups in total. The molecule has 2 aromatic rings. The molecule has 0 saturated heterocycles. The lowest BCUT2D eigenvalue weighted by Gasteiger charge is -2.20. The SMILES string of the molecule is CNC(c1cc(C)c(Br)c(C)c1)c1c(Br)cnn1C. The first-order chi connectivity index (χ1) is 8.95. The molecule has 0 radical (unpaired) electrons. The molecule has 1 aromatic heterocycles. The van der Waals surface area contributed by atoms with Crippen molar-refractivity contribution in [3.8, 4) is 0 Å². The first-order valence-corrected chi connectivity index (χ1v) is 7.65. The fourth-order valence-corrected chi connectivity index (χ4v) is 3.16. The molecule has 0 aliphatic carbocycles. The number of rotatable bonds is 3. The molecule has 0 aliphatic rings. The maximum atomic E-state index is 4.29. The topological polar surface area (TPSA) is 29.9 Å². The zero-order valence-corrected chi connectivity index (χ0v) is 14.6. The van der Waals surface area contributed by atoms with Crippen molar-refractivity contribution in [3.63, 3.8) is 0 Å². The minimum atomic E-state index is 0.118. The normalized spacial score (nSPS) is 12.7. The Morgan fingerprint density at radius 3 is 2.21 bits per heavy atom. The van der Waals surface area contributed by atoms with Crippen molar-refractivity contribution in [1.29, 1.82) is 0 Å². The highest BCUT2D eigenvalue weighted by Gasteiger charge is 2.20. The standard InChI is InChI=1S/C14H17Br2N3/c1-8-5-10(6-9(2)12(8)16)13(17-3)14-11(15)7-18-19(14)4/h5-7,13,17H,1-4H3. The Kier molecular flexibility index (Phi) is 4.48. The molecule has 5 heteroatoms. The van der Waals surface area contributed by atoms with Crippen LogP contribution in [0.3, 0.4) is 0 Å². The maximum Gasteiger partial charge on any atom is 0.0757 e. The van der Waals surface area contributed by atoms with Crippen LogP contribution in [0.5, 0.6) is 0 Å². The fraction of sp³-hybridized carbons (Fsp3) is 0.357. The summed E-state index contributed by atoms with van der Waals surface area (Å²) < 4.78 is 4.10. The van der Waals surface area contributed by atoms with E-state index in [2.05, 4.69) is 68.3 Å². The minimum absolute atomic E-state index is 0.118. The molecule has 2 rings (SSSR count). The smallest absolute Gasteiger partial charge is 0.0757 e. The Labute approximate surface area is 130 Å². The summed E-state index contributed by atoms with van der Waals surface area (Å²) in [7, 11) is 3.93. The Morgan fingerprint density at radius 1 is 1.21 bits per heavy atom. The Hall–Kier alpha value is -0.650. The molecule has 0 spiro atoms. The third-order valence-corrected chi connectivity index (χ3v) is 5.15. The molecule has 0 amide bonds. The zero-order valence-electron chi connectivity index (χ0n) is 11.5. The van der Waals surface area contributed by atoms with Gasteiger partial charge < -0.3 is 5.32 Å². The lowest BCUT2D eigenvalue weighted by molar-refractivity contribution is 0.603. The van der Waals surface area contributed by atoms with Crippen molar-refractivity contribution in [1.82, 2.24) is 15.1 Å². The average molecular weight is 387 g/mol. The minimum Gasteiger partial charge on any atom is -0.308 e. The molecule has 1 heterocycles. The van der Waals surface area contributed by atoms with Crippen LogP contribution in [0.2, 0.25) is 0 Å². The molecule has 0 bridgehead atoms. The van der Waals surface area contributed by atoms with E-state index in [0.717, 1.165) is 10.2 Å². The highest BCUT2D eigenvalue weighted by Crippen LogP contribution is 2.31. The van der Waals surface area contributed by atoms with E-state index in [1.807, 2.05) is 25.0 Å². The van der Waals surface area contributed by atoms with Crippen LogP contribution in [0.4, 0.5) is 0 Å². The van der Waals surface area contributed by atoms with Gasteiger partial charge in [0.05, 0.1) is 22.4 Å².